The van der Waals surface area contributed by atoms with Gasteiger partial charge in [0.1, 0.15) is 5.69 Å². The van der Waals surface area contributed by atoms with E-state index in [0.717, 1.165) is 0 Å². The minimum atomic E-state index is -1.45. The first-order valence-corrected chi connectivity index (χ1v) is 9.61. The van der Waals surface area contributed by atoms with Crippen LogP contribution in [0.25, 0.3) is 6.08 Å². The Hall–Kier alpha value is -3.17. The standard InChI is InChI=1S/C20H19N3O5S/c1-23-13-4-3-9-21-17(13)18(25)16(20(23)27)14(24)7-5-12-6-8-15(29-12)19(26)22-10-11-28-2/h3-9,16H,10-11H2,1-2H3,(H,22,26)/b7-5+. The zero-order chi connectivity index (χ0) is 21.0. The van der Waals surface area contributed by atoms with Crippen molar-refractivity contribution in [2.75, 3.05) is 32.2 Å². The Labute approximate surface area is 171 Å². The highest BCUT2D eigenvalue weighted by atomic mass is 32.1. The van der Waals surface area contributed by atoms with E-state index in [1.165, 1.54) is 41.6 Å². The van der Waals surface area contributed by atoms with Gasteiger partial charge in [0.25, 0.3) is 5.91 Å². The van der Waals surface area contributed by atoms with Crippen molar-refractivity contribution in [2.45, 2.75) is 0 Å². The maximum Gasteiger partial charge on any atom is 0.261 e. The van der Waals surface area contributed by atoms with Crippen LogP contribution >= 0.6 is 11.3 Å². The third kappa shape index (κ3) is 4.30. The van der Waals surface area contributed by atoms with E-state index in [1.54, 1.807) is 31.4 Å². The molecule has 8 nitrogen and oxygen atoms in total. The number of hydrogen-bond acceptors (Lipinski definition) is 7. The van der Waals surface area contributed by atoms with Crippen LogP contribution < -0.4 is 10.2 Å². The SMILES string of the molecule is COCCNC(=O)c1ccc(/C=C/C(=O)C2C(=O)c3ncccc3N(C)C2=O)s1. The summed E-state index contributed by atoms with van der Waals surface area (Å²) in [5.74, 6) is -3.50. The van der Waals surface area contributed by atoms with E-state index in [4.69, 9.17) is 4.74 Å². The number of nitrogens with one attached hydrogen (secondary N) is 1. The number of fused-ring (bicyclic) bond motifs is 1. The first kappa shape index (κ1) is 20.6. The van der Waals surface area contributed by atoms with Crippen LogP contribution in [0.4, 0.5) is 5.69 Å². The van der Waals surface area contributed by atoms with Crippen LogP contribution in [0.2, 0.25) is 0 Å². The predicted octanol–water partition coefficient (Wildman–Crippen LogP) is 1.58. The molecule has 0 spiro atoms. The molecule has 1 atom stereocenters. The van der Waals surface area contributed by atoms with Crippen molar-refractivity contribution in [1.82, 2.24) is 10.3 Å². The molecule has 29 heavy (non-hydrogen) atoms. The van der Waals surface area contributed by atoms with Gasteiger partial charge in [-0.25, -0.2) is 0 Å². The molecule has 0 radical (unpaired) electrons. The minimum Gasteiger partial charge on any atom is -0.383 e. The Morgan fingerprint density at radius 1 is 1.31 bits per heavy atom. The summed E-state index contributed by atoms with van der Waals surface area (Å²) >= 11 is 1.19. The van der Waals surface area contributed by atoms with Crippen LogP contribution in [0.15, 0.2) is 36.5 Å². The molecule has 0 fully saturated rings. The molecule has 0 saturated heterocycles. The fourth-order valence-corrected chi connectivity index (χ4v) is 3.68. The van der Waals surface area contributed by atoms with Crippen LogP contribution in [-0.4, -0.2) is 55.7 Å². The summed E-state index contributed by atoms with van der Waals surface area (Å²) in [4.78, 5) is 56.2. The van der Waals surface area contributed by atoms with Gasteiger partial charge in [0.2, 0.25) is 11.7 Å². The Kier molecular flexibility index (Phi) is 6.30. The zero-order valence-corrected chi connectivity index (χ0v) is 16.7. The monoisotopic (exact) mass is 413 g/mol. The van der Waals surface area contributed by atoms with Crippen LogP contribution in [0, 0.1) is 5.92 Å². The lowest BCUT2D eigenvalue weighted by Gasteiger charge is -2.28. The number of ketones is 2. The zero-order valence-electron chi connectivity index (χ0n) is 15.9. The molecule has 3 heterocycles. The number of anilines is 1. The Morgan fingerprint density at radius 2 is 2.10 bits per heavy atom. The molecule has 3 rings (SSSR count). The van der Waals surface area contributed by atoms with Gasteiger partial charge in [-0.2, -0.15) is 0 Å². The molecule has 9 heteroatoms. The van der Waals surface area contributed by atoms with Gasteiger partial charge >= 0.3 is 0 Å². The summed E-state index contributed by atoms with van der Waals surface area (Å²) in [6, 6.07) is 6.56. The number of Topliss-reactive ketones (excluding diaryl/α,β-unsaturated/α-hetero) is 1. The number of carbonyl (C=O) groups is 4. The van der Waals surface area contributed by atoms with Crippen molar-refractivity contribution >= 4 is 46.5 Å². The maximum absolute atomic E-state index is 12.6. The molecule has 1 N–H and O–H groups in total. The summed E-state index contributed by atoms with van der Waals surface area (Å²) < 4.78 is 4.88. The van der Waals surface area contributed by atoms with Crippen LogP contribution in [-0.2, 0) is 14.3 Å². The molecular formula is C20H19N3O5S. The number of ether oxygens (including phenoxy) is 1. The van der Waals surface area contributed by atoms with Gasteiger partial charge in [0.05, 0.1) is 17.2 Å². The fourth-order valence-electron chi connectivity index (χ4n) is 2.85. The van der Waals surface area contributed by atoms with E-state index in [-0.39, 0.29) is 11.6 Å². The van der Waals surface area contributed by atoms with Gasteiger partial charge in [-0.05, 0) is 36.4 Å². The maximum atomic E-state index is 12.6. The molecule has 0 saturated carbocycles. The second-order valence-corrected chi connectivity index (χ2v) is 7.37. The molecule has 150 valence electrons. The number of pyridine rings is 1. The number of methoxy groups -OCH3 is 1. The van der Waals surface area contributed by atoms with Gasteiger partial charge in [-0.15, -0.1) is 11.3 Å². The van der Waals surface area contributed by atoms with E-state index >= 15 is 0 Å². The molecule has 1 aliphatic rings. The summed E-state index contributed by atoms with van der Waals surface area (Å²) in [6.45, 7) is 0.806. The number of nitrogens with zero attached hydrogens (tertiary/aromatic N) is 2. The first-order chi connectivity index (χ1) is 13.9. The second-order valence-electron chi connectivity index (χ2n) is 6.25. The Morgan fingerprint density at radius 3 is 2.86 bits per heavy atom. The van der Waals surface area contributed by atoms with E-state index in [9.17, 15) is 19.2 Å². The lowest BCUT2D eigenvalue weighted by atomic mass is 9.90. The topological polar surface area (TPSA) is 106 Å². The average Bonchev–Trinajstić information content (AvgIpc) is 3.20. The van der Waals surface area contributed by atoms with Crippen molar-refractivity contribution in [3.63, 3.8) is 0 Å². The highest BCUT2D eigenvalue weighted by Gasteiger charge is 2.42. The molecule has 0 aliphatic carbocycles. The number of hydrogen-bond donors (Lipinski definition) is 1. The fraction of sp³-hybridized carbons (Fsp3) is 0.250. The van der Waals surface area contributed by atoms with Crippen molar-refractivity contribution in [3.8, 4) is 0 Å². The van der Waals surface area contributed by atoms with Crippen LogP contribution in [0.3, 0.4) is 0 Å². The first-order valence-electron chi connectivity index (χ1n) is 8.79. The van der Waals surface area contributed by atoms with E-state index in [1.807, 2.05) is 0 Å². The third-order valence-electron chi connectivity index (χ3n) is 4.36. The van der Waals surface area contributed by atoms with E-state index < -0.39 is 23.4 Å². The highest BCUT2D eigenvalue weighted by molar-refractivity contribution is 7.14. The number of aromatic nitrogens is 1. The number of thiophene rings is 1. The molecular weight excluding hydrogens is 394 g/mol. The van der Waals surface area contributed by atoms with Gasteiger partial charge < -0.3 is 15.0 Å². The summed E-state index contributed by atoms with van der Waals surface area (Å²) in [5.41, 5.74) is 0.491. The lowest BCUT2D eigenvalue weighted by molar-refractivity contribution is -0.128. The van der Waals surface area contributed by atoms with Gasteiger partial charge in [0, 0.05) is 31.8 Å². The molecule has 2 amide bonds. The van der Waals surface area contributed by atoms with Gasteiger partial charge in [0.15, 0.2) is 11.7 Å². The van der Waals surface area contributed by atoms with Crippen molar-refractivity contribution < 1.29 is 23.9 Å². The summed E-state index contributed by atoms with van der Waals surface area (Å²) in [6.07, 6.45) is 4.14. The smallest absolute Gasteiger partial charge is 0.261 e. The number of carbonyl (C=O) groups excluding carboxylic acids is 4. The lowest BCUT2D eigenvalue weighted by Crippen LogP contribution is -2.46. The summed E-state index contributed by atoms with van der Waals surface area (Å²) in [7, 11) is 3.05. The average molecular weight is 413 g/mol. The molecule has 2 aromatic rings. The van der Waals surface area contributed by atoms with Gasteiger partial charge in [-0.1, -0.05) is 0 Å². The molecule has 0 aromatic carbocycles. The number of amides is 2. The normalized spacial score (nSPS) is 16.2. The van der Waals surface area contributed by atoms with E-state index in [2.05, 4.69) is 10.3 Å². The minimum absolute atomic E-state index is 0.104. The Bertz CT molecular complexity index is 998. The number of allylic oxidation sites excluding steroid dienone is 1. The van der Waals surface area contributed by atoms with Crippen LogP contribution in [0.5, 0.6) is 0 Å². The highest BCUT2D eigenvalue weighted by Crippen LogP contribution is 2.28. The molecule has 0 bridgehead atoms. The van der Waals surface area contributed by atoms with Crippen molar-refractivity contribution in [3.05, 3.63) is 52.0 Å². The van der Waals surface area contributed by atoms with Crippen molar-refractivity contribution in [1.29, 1.82) is 0 Å². The molecule has 2 aromatic heterocycles. The molecule has 1 aliphatic heterocycles. The quantitative estimate of drug-likeness (QED) is 0.420. The van der Waals surface area contributed by atoms with Crippen molar-refractivity contribution in [2.24, 2.45) is 5.92 Å². The van der Waals surface area contributed by atoms with Crippen LogP contribution in [0.1, 0.15) is 25.0 Å². The second kappa shape index (κ2) is 8.89. The predicted molar refractivity (Wildman–Crippen MR) is 108 cm³/mol. The summed E-state index contributed by atoms with van der Waals surface area (Å²) in [5, 5.41) is 2.71. The number of rotatable bonds is 7. The third-order valence-corrected chi connectivity index (χ3v) is 5.41. The molecule has 1 unspecified atom stereocenters. The Balaban J connectivity index is 1.72. The van der Waals surface area contributed by atoms with Gasteiger partial charge in [-0.3, -0.25) is 24.2 Å². The van der Waals surface area contributed by atoms with E-state index in [0.29, 0.717) is 28.6 Å². The largest absolute Gasteiger partial charge is 0.383 e.